The summed E-state index contributed by atoms with van der Waals surface area (Å²) in [6.45, 7) is 1.05. The van der Waals surface area contributed by atoms with Gasteiger partial charge in [-0.2, -0.15) is 0 Å². The Bertz CT molecular complexity index is 443. The van der Waals surface area contributed by atoms with Gasteiger partial charge in [-0.25, -0.2) is 8.78 Å². The highest BCUT2D eigenvalue weighted by Gasteiger charge is 2.21. The quantitative estimate of drug-likeness (QED) is 0.752. The van der Waals surface area contributed by atoms with Gasteiger partial charge in [0.25, 0.3) is 0 Å². The van der Waals surface area contributed by atoms with E-state index >= 15 is 0 Å². The summed E-state index contributed by atoms with van der Waals surface area (Å²) < 4.78 is 26.1. The van der Waals surface area contributed by atoms with E-state index in [1.807, 2.05) is 11.9 Å². The molecule has 1 fully saturated rings. The minimum Gasteiger partial charge on any atom is -0.299 e. The normalized spacial score (nSPS) is 15.8. The number of halogens is 2. The first-order valence-corrected chi connectivity index (χ1v) is 6.23. The van der Waals surface area contributed by atoms with E-state index < -0.39 is 11.6 Å². The Hall–Kier alpha value is -1.29. The molecule has 0 saturated heterocycles. The van der Waals surface area contributed by atoms with Crippen molar-refractivity contribution in [3.8, 4) is 0 Å². The molecule has 1 aliphatic rings. The molecule has 0 radical (unpaired) electrons. The van der Waals surface area contributed by atoms with Crippen molar-refractivity contribution in [2.75, 3.05) is 20.1 Å². The fourth-order valence-electron chi connectivity index (χ4n) is 2.23. The zero-order chi connectivity index (χ0) is 13.1. The number of rotatable bonds is 5. The predicted molar refractivity (Wildman–Crippen MR) is 65.5 cm³/mol. The number of hydrogen-bond acceptors (Lipinski definition) is 2. The number of Topliss-reactive ketones (excluding diaryl/α,β-unsaturated/α-hetero) is 1. The molecule has 0 N–H and O–H groups in total. The van der Waals surface area contributed by atoms with Gasteiger partial charge in [-0.15, -0.1) is 0 Å². The molecule has 2 rings (SSSR count). The van der Waals surface area contributed by atoms with Crippen LogP contribution in [0.1, 0.15) is 29.6 Å². The Labute approximate surface area is 106 Å². The fourth-order valence-corrected chi connectivity index (χ4v) is 2.23. The van der Waals surface area contributed by atoms with Gasteiger partial charge in [0.05, 0.1) is 12.1 Å². The Balaban J connectivity index is 1.93. The predicted octanol–water partition coefficient (Wildman–Crippen LogP) is 2.88. The highest BCUT2D eigenvalue weighted by molar-refractivity contribution is 5.97. The molecule has 0 amide bonds. The number of nitrogens with zero attached hydrogens (tertiary/aromatic N) is 1. The van der Waals surface area contributed by atoms with Crippen molar-refractivity contribution in [2.24, 2.45) is 5.92 Å². The van der Waals surface area contributed by atoms with Crippen molar-refractivity contribution in [3.05, 3.63) is 35.4 Å². The van der Waals surface area contributed by atoms with E-state index in [4.69, 9.17) is 0 Å². The first kappa shape index (κ1) is 13.1. The summed E-state index contributed by atoms with van der Waals surface area (Å²) in [5.74, 6) is -1.07. The molecule has 1 saturated carbocycles. The molecule has 0 spiro atoms. The maximum atomic E-state index is 13.4. The third-order valence-electron chi connectivity index (χ3n) is 3.44. The molecule has 4 heteroatoms. The Morgan fingerprint density at radius 1 is 1.39 bits per heavy atom. The summed E-state index contributed by atoms with van der Waals surface area (Å²) in [6.07, 6.45) is 3.69. The van der Waals surface area contributed by atoms with E-state index in [9.17, 15) is 13.6 Å². The molecule has 0 aromatic heterocycles. The molecule has 1 aliphatic carbocycles. The number of carbonyl (C=O) groups excluding carboxylic acids is 1. The average molecular weight is 253 g/mol. The minimum atomic E-state index is -0.781. The molecule has 0 aliphatic heterocycles. The molecule has 1 aromatic rings. The monoisotopic (exact) mass is 253 g/mol. The maximum Gasteiger partial charge on any atom is 0.179 e. The molecular weight excluding hydrogens is 236 g/mol. The molecule has 1 aromatic carbocycles. The van der Waals surface area contributed by atoms with E-state index in [0.717, 1.165) is 18.7 Å². The lowest BCUT2D eigenvalue weighted by Crippen LogP contribution is -2.33. The third kappa shape index (κ3) is 3.13. The third-order valence-corrected chi connectivity index (χ3v) is 3.44. The average Bonchev–Trinajstić information content (AvgIpc) is 2.23. The summed E-state index contributed by atoms with van der Waals surface area (Å²) in [5.41, 5.74) is -0.0307. The summed E-state index contributed by atoms with van der Waals surface area (Å²) >= 11 is 0. The van der Waals surface area contributed by atoms with Crippen LogP contribution in [0.4, 0.5) is 8.78 Å². The number of hydrogen-bond donors (Lipinski definition) is 0. The van der Waals surface area contributed by atoms with Crippen LogP contribution < -0.4 is 0 Å². The topological polar surface area (TPSA) is 20.3 Å². The SMILES string of the molecule is CN(CC(=O)c1ccc(F)cc1F)CC1CCC1. The minimum absolute atomic E-state index is 0.0307. The van der Waals surface area contributed by atoms with Crippen LogP contribution in [-0.4, -0.2) is 30.8 Å². The summed E-state index contributed by atoms with van der Waals surface area (Å²) in [6, 6.07) is 3.07. The summed E-state index contributed by atoms with van der Waals surface area (Å²) in [7, 11) is 1.86. The molecular formula is C14H17F2NO. The zero-order valence-corrected chi connectivity index (χ0v) is 10.5. The van der Waals surface area contributed by atoms with Gasteiger partial charge in [0.2, 0.25) is 0 Å². The lowest BCUT2D eigenvalue weighted by Gasteiger charge is -2.29. The van der Waals surface area contributed by atoms with Crippen LogP contribution in [0.25, 0.3) is 0 Å². The standard InChI is InChI=1S/C14H17F2NO/c1-17(8-10-3-2-4-10)9-14(18)12-6-5-11(15)7-13(12)16/h5-7,10H,2-4,8-9H2,1H3. The molecule has 0 unspecified atom stereocenters. The Kier molecular flexibility index (Phi) is 4.07. The number of likely N-dealkylation sites (N-methyl/N-ethyl adjacent to an activating group) is 1. The first-order chi connectivity index (χ1) is 8.56. The van der Waals surface area contributed by atoms with Crippen LogP contribution in [0.3, 0.4) is 0 Å². The van der Waals surface area contributed by atoms with Crippen LogP contribution in [0.15, 0.2) is 18.2 Å². The second-order valence-electron chi connectivity index (χ2n) is 5.04. The highest BCUT2D eigenvalue weighted by atomic mass is 19.1. The molecule has 18 heavy (non-hydrogen) atoms. The van der Waals surface area contributed by atoms with E-state index in [2.05, 4.69) is 0 Å². The van der Waals surface area contributed by atoms with Gasteiger partial charge in [-0.3, -0.25) is 9.69 Å². The Morgan fingerprint density at radius 2 is 2.11 bits per heavy atom. The molecule has 0 atom stereocenters. The van der Waals surface area contributed by atoms with Crippen molar-refractivity contribution in [3.63, 3.8) is 0 Å². The van der Waals surface area contributed by atoms with Crippen LogP contribution in [-0.2, 0) is 0 Å². The summed E-state index contributed by atoms with van der Waals surface area (Å²) in [4.78, 5) is 13.8. The van der Waals surface area contributed by atoms with Crippen molar-refractivity contribution >= 4 is 5.78 Å². The van der Waals surface area contributed by atoms with Crippen LogP contribution in [0.2, 0.25) is 0 Å². The zero-order valence-electron chi connectivity index (χ0n) is 10.5. The van der Waals surface area contributed by atoms with E-state index in [0.29, 0.717) is 5.92 Å². The molecule has 0 bridgehead atoms. The summed E-state index contributed by atoms with van der Waals surface area (Å²) in [5, 5.41) is 0. The van der Waals surface area contributed by atoms with Crippen LogP contribution in [0.5, 0.6) is 0 Å². The maximum absolute atomic E-state index is 13.4. The van der Waals surface area contributed by atoms with Gasteiger partial charge >= 0.3 is 0 Å². The van der Waals surface area contributed by atoms with Crippen molar-refractivity contribution in [1.29, 1.82) is 0 Å². The van der Waals surface area contributed by atoms with Gasteiger partial charge in [-0.1, -0.05) is 6.42 Å². The second-order valence-corrected chi connectivity index (χ2v) is 5.04. The Morgan fingerprint density at radius 3 is 2.67 bits per heavy atom. The molecule has 0 heterocycles. The van der Waals surface area contributed by atoms with Gasteiger partial charge in [0, 0.05) is 12.6 Å². The molecule has 98 valence electrons. The highest BCUT2D eigenvalue weighted by Crippen LogP contribution is 2.26. The van der Waals surface area contributed by atoms with E-state index in [-0.39, 0.29) is 17.9 Å². The fraction of sp³-hybridized carbons (Fsp3) is 0.500. The lowest BCUT2D eigenvalue weighted by molar-refractivity contribution is 0.0921. The number of benzene rings is 1. The van der Waals surface area contributed by atoms with Gasteiger partial charge < -0.3 is 0 Å². The van der Waals surface area contributed by atoms with Gasteiger partial charge in [0.15, 0.2) is 5.78 Å². The van der Waals surface area contributed by atoms with Gasteiger partial charge in [0.1, 0.15) is 11.6 Å². The first-order valence-electron chi connectivity index (χ1n) is 6.23. The van der Waals surface area contributed by atoms with Crippen LogP contribution >= 0.6 is 0 Å². The smallest absolute Gasteiger partial charge is 0.179 e. The molecule has 2 nitrogen and oxygen atoms in total. The number of carbonyl (C=O) groups is 1. The number of ketones is 1. The lowest BCUT2D eigenvalue weighted by atomic mass is 9.85. The van der Waals surface area contributed by atoms with E-state index in [1.54, 1.807) is 0 Å². The second kappa shape index (κ2) is 5.57. The van der Waals surface area contributed by atoms with Gasteiger partial charge in [-0.05, 0) is 37.9 Å². The van der Waals surface area contributed by atoms with E-state index in [1.165, 1.54) is 25.3 Å². The largest absolute Gasteiger partial charge is 0.299 e. The van der Waals surface area contributed by atoms with Crippen molar-refractivity contribution < 1.29 is 13.6 Å². The van der Waals surface area contributed by atoms with Crippen molar-refractivity contribution in [1.82, 2.24) is 4.90 Å². The van der Waals surface area contributed by atoms with Crippen LogP contribution in [0, 0.1) is 17.6 Å². The van der Waals surface area contributed by atoms with Crippen molar-refractivity contribution in [2.45, 2.75) is 19.3 Å².